The zero-order valence-corrected chi connectivity index (χ0v) is 6.48. The first-order valence-electron chi connectivity index (χ1n) is 3.03. The molecule has 0 bridgehead atoms. The monoisotopic (exact) mass is 129 g/mol. The van der Waals surface area contributed by atoms with E-state index in [-0.39, 0.29) is 0 Å². The highest BCUT2D eigenvalue weighted by Crippen LogP contribution is 1.97. The summed E-state index contributed by atoms with van der Waals surface area (Å²) < 4.78 is 4.88. The van der Waals surface area contributed by atoms with Crippen molar-refractivity contribution in [2.24, 2.45) is 0 Å². The molecule has 0 heterocycles. The number of hydrogen-bond acceptors (Lipinski definition) is 2. The molecule has 0 aromatic carbocycles. The van der Waals surface area contributed by atoms with Gasteiger partial charge in [0.05, 0.1) is 12.9 Å². The third-order valence-corrected chi connectivity index (χ3v) is 1.13. The van der Waals surface area contributed by atoms with Gasteiger partial charge in [0.1, 0.15) is 0 Å². The van der Waals surface area contributed by atoms with E-state index >= 15 is 0 Å². The number of rotatable bonds is 4. The van der Waals surface area contributed by atoms with E-state index in [0.29, 0.717) is 0 Å². The van der Waals surface area contributed by atoms with E-state index in [2.05, 4.69) is 11.5 Å². The number of nitrogens with zero attached hydrogens (tertiary/aromatic N) is 1. The molecule has 0 aliphatic carbocycles. The van der Waals surface area contributed by atoms with Crippen LogP contribution in [0.4, 0.5) is 0 Å². The molecule has 0 fully saturated rings. The highest BCUT2D eigenvalue weighted by Gasteiger charge is 1.92. The van der Waals surface area contributed by atoms with Gasteiger partial charge >= 0.3 is 0 Å². The molecule has 0 aromatic heterocycles. The molecular formula is C7H15NO. The van der Waals surface area contributed by atoms with Gasteiger partial charge in [-0.25, -0.2) is 0 Å². The summed E-state index contributed by atoms with van der Waals surface area (Å²) in [6.07, 6.45) is 0.920. The molecule has 0 atom stereocenters. The Bertz CT molecular complexity index is 88.9. The minimum atomic E-state index is 0.851. The van der Waals surface area contributed by atoms with Crippen LogP contribution < -0.4 is 0 Å². The van der Waals surface area contributed by atoms with E-state index in [4.69, 9.17) is 4.74 Å². The molecule has 0 aromatic rings. The van der Waals surface area contributed by atoms with Gasteiger partial charge in [-0.2, -0.15) is 0 Å². The zero-order valence-electron chi connectivity index (χ0n) is 6.48. The Hall–Kier alpha value is -0.500. The second-order valence-corrected chi connectivity index (χ2v) is 2.30. The van der Waals surface area contributed by atoms with Crippen LogP contribution in [0.25, 0.3) is 0 Å². The van der Waals surface area contributed by atoms with Crippen molar-refractivity contribution in [3.63, 3.8) is 0 Å². The molecule has 54 valence electrons. The predicted molar refractivity (Wildman–Crippen MR) is 39.3 cm³/mol. The van der Waals surface area contributed by atoms with Crippen LogP contribution in [0.3, 0.4) is 0 Å². The van der Waals surface area contributed by atoms with E-state index < -0.39 is 0 Å². The standard InChI is InChI=1S/C7H15NO/c1-7(9-4)5-6-8(2)3/h1,5-6H2,2-4H3. The van der Waals surface area contributed by atoms with Crippen molar-refractivity contribution >= 4 is 0 Å². The number of ether oxygens (including phenoxy) is 1. The van der Waals surface area contributed by atoms with Crippen molar-refractivity contribution < 1.29 is 4.74 Å². The summed E-state index contributed by atoms with van der Waals surface area (Å²) in [5.41, 5.74) is 0. The molecule has 0 spiro atoms. The largest absolute Gasteiger partial charge is 0.502 e. The lowest BCUT2D eigenvalue weighted by atomic mass is 10.4. The predicted octanol–water partition coefficient (Wildman–Crippen LogP) is 1.10. The van der Waals surface area contributed by atoms with E-state index in [0.717, 1.165) is 18.7 Å². The van der Waals surface area contributed by atoms with Crippen molar-refractivity contribution in [2.75, 3.05) is 27.7 Å². The second-order valence-electron chi connectivity index (χ2n) is 2.30. The molecule has 0 rings (SSSR count). The first-order chi connectivity index (χ1) is 4.16. The fourth-order valence-electron chi connectivity index (χ4n) is 0.450. The summed E-state index contributed by atoms with van der Waals surface area (Å²) in [5.74, 6) is 0.851. The molecule has 0 amide bonds. The smallest absolute Gasteiger partial charge is 0.0896 e. The molecule has 0 saturated heterocycles. The highest BCUT2D eigenvalue weighted by molar-refractivity contribution is 4.81. The Balaban J connectivity index is 3.17. The molecule has 2 heteroatoms. The minimum absolute atomic E-state index is 0.851. The van der Waals surface area contributed by atoms with Gasteiger partial charge in [-0.3, -0.25) is 0 Å². The fraction of sp³-hybridized carbons (Fsp3) is 0.714. The van der Waals surface area contributed by atoms with Gasteiger partial charge < -0.3 is 9.64 Å². The van der Waals surface area contributed by atoms with E-state index in [1.165, 1.54) is 0 Å². The van der Waals surface area contributed by atoms with Crippen LogP contribution >= 0.6 is 0 Å². The van der Waals surface area contributed by atoms with Crippen LogP contribution in [0.15, 0.2) is 12.3 Å². The number of hydrogen-bond donors (Lipinski definition) is 0. The van der Waals surface area contributed by atoms with E-state index in [1.54, 1.807) is 7.11 Å². The second kappa shape index (κ2) is 4.39. The van der Waals surface area contributed by atoms with Gasteiger partial charge in [-0.15, -0.1) is 0 Å². The van der Waals surface area contributed by atoms with Gasteiger partial charge in [0, 0.05) is 13.0 Å². The van der Waals surface area contributed by atoms with Crippen LogP contribution in [0.5, 0.6) is 0 Å². The molecule has 9 heavy (non-hydrogen) atoms. The molecule has 0 aliphatic rings. The Labute approximate surface area is 57.1 Å². The normalized spacial score (nSPS) is 9.78. The Morgan fingerprint density at radius 2 is 2.11 bits per heavy atom. The van der Waals surface area contributed by atoms with Gasteiger partial charge in [0.25, 0.3) is 0 Å². The van der Waals surface area contributed by atoms with Crippen LogP contribution in [0.2, 0.25) is 0 Å². The van der Waals surface area contributed by atoms with Gasteiger partial charge in [-0.05, 0) is 14.1 Å². The molecule has 0 radical (unpaired) electrons. The maximum absolute atomic E-state index is 4.88. The maximum Gasteiger partial charge on any atom is 0.0896 e. The summed E-state index contributed by atoms with van der Waals surface area (Å²) in [4.78, 5) is 2.10. The van der Waals surface area contributed by atoms with Crippen molar-refractivity contribution in [2.45, 2.75) is 6.42 Å². The van der Waals surface area contributed by atoms with Crippen LogP contribution in [0, 0.1) is 0 Å². The van der Waals surface area contributed by atoms with Gasteiger partial charge in [0.15, 0.2) is 0 Å². The molecular weight excluding hydrogens is 114 g/mol. The van der Waals surface area contributed by atoms with Crippen LogP contribution in [0.1, 0.15) is 6.42 Å². The molecule has 0 unspecified atom stereocenters. The van der Waals surface area contributed by atoms with Crippen molar-refractivity contribution in [3.8, 4) is 0 Å². The zero-order chi connectivity index (χ0) is 7.28. The third-order valence-electron chi connectivity index (χ3n) is 1.13. The summed E-state index contributed by atoms with van der Waals surface area (Å²) >= 11 is 0. The van der Waals surface area contributed by atoms with Crippen molar-refractivity contribution in [3.05, 3.63) is 12.3 Å². The summed E-state index contributed by atoms with van der Waals surface area (Å²) in [6, 6.07) is 0. The maximum atomic E-state index is 4.88. The summed E-state index contributed by atoms with van der Waals surface area (Å²) in [7, 11) is 5.71. The first kappa shape index (κ1) is 8.50. The Morgan fingerprint density at radius 3 is 2.44 bits per heavy atom. The Morgan fingerprint density at radius 1 is 1.56 bits per heavy atom. The summed E-state index contributed by atoms with van der Waals surface area (Å²) in [5, 5.41) is 0. The van der Waals surface area contributed by atoms with Crippen molar-refractivity contribution in [1.29, 1.82) is 0 Å². The third kappa shape index (κ3) is 5.37. The number of methoxy groups -OCH3 is 1. The summed E-state index contributed by atoms with van der Waals surface area (Å²) in [6.45, 7) is 4.70. The van der Waals surface area contributed by atoms with Gasteiger partial charge in [0.2, 0.25) is 0 Å². The Kier molecular flexibility index (Phi) is 4.14. The minimum Gasteiger partial charge on any atom is -0.502 e. The average Bonchev–Trinajstić information content (AvgIpc) is 1.83. The molecule has 2 nitrogen and oxygen atoms in total. The fourth-order valence-corrected chi connectivity index (χ4v) is 0.450. The van der Waals surface area contributed by atoms with E-state index in [9.17, 15) is 0 Å². The lowest BCUT2D eigenvalue weighted by Crippen LogP contribution is -2.13. The molecule has 0 aliphatic heterocycles. The lowest BCUT2D eigenvalue weighted by Gasteiger charge is -2.09. The quantitative estimate of drug-likeness (QED) is 0.527. The van der Waals surface area contributed by atoms with E-state index in [1.807, 2.05) is 14.1 Å². The lowest BCUT2D eigenvalue weighted by molar-refractivity contribution is 0.264. The topological polar surface area (TPSA) is 12.5 Å². The van der Waals surface area contributed by atoms with Gasteiger partial charge in [-0.1, -0.05) is 6.58 Å². The van der Waals surface area contributed by atoms with Crippen molar-refractivity contribution in [1.82, 2.24) is 4.90 Å². The van der Waals surface area contributed by atoms with Crippen LogP contribution in [-0.2, 0) is 4.74 Å². The first-order valence-corrected chi connectivity index (χ1v) is 3.03. The average molecular weight is 129 g/mol. The molecule has 0 N–H and O–H groups in total. The molecule has 0 saturated carbocycles. The van der Waals surface area contributed by atoms with Crippen LogP contribution in [-0.4, -0.2) is 32.6 Å². The SMILES string of the molecule is C=C(CCN(C)C)OC. The highest BCUT2D eigenvalue weighted by atomic mass is 16.5.